The molecule has 3 aromatic rings. The number of likely N-dealkylation sites (tertiary alicyclic amines) is 1. The maximum absolute atomic E-state index is 15.1. The maximum atomic E-state index is 15.1. The number of nitrogens with zero attached hydrogens (tertiary/aromatic N) is 1. The van der Waals surface area contributed by atoms with Gasteiger partial charge in [-0.05, 0) is 79.4 Å². The highest BCUT2D eigenvalue weighted by Gasteiger charge is 2.40. The van der Waals surface area contributed by atoms with Gasteiger partial charge in [-0.1, -0.05) is 64.3 Å². The molecule has 2 atom stereocenters. The van der Waals surface area contributed by atoms with E-state index in [0.29, 0.717) is 10.8 Å². The Labute approximate surface area is 212 Å². The van der Waals surface area contributed by atoms with Gasteiger partial charge in [0.2, 0.25) is 0 Å². The van der Waals surface area contributed by atoms with Gasteiger partial charge in [-0.15, -0.1) is 11.8 Å². The summed E-state index contributed by atoms with van der Waals surface area (Å²) in [7, 11) is 0. The molecule has 1 aliphatic carbocycles. The van der Waals surface area contributed by atoms with E-state index in [0.717, 1.165) is 40.2 Å². The van der Waals surface area contributed by atoms with Gasteiger partial charge < -0.3 is 4.74 Å². The van der Waals surface area contributed by atoms with Crippen molar-refractivity contribution >= 4 is 39.3 Å². The summed E-state index contributed by atoms with van der Waals surface area (Å²) in [5, 5.41) is 0.668. The summed E-state index contributed by atoms with van der Waals surface area (Å²) in [4.78, 5) is 3.41. The van der Waals surface area contributed by atoms with Gasteiger partial charge in [-0.3, -0.25) is 4.90 Å². The number of hydrogen-bond acceptors (Lipinski definition) is 3. The summed E-state index contributed by atoms with van der Waals surface area (Å²) >= 11 is 11.7. The molecule has 0 unspecified atom stereocenters. The van der Waals surface area contributed by atoms with Gasteiger partial charge in [0.15, 0.2) is 11.6 Å². The molecule has 2 nitrogen and oxygen atoms in total. The Morgan fingerprint density at radius 2 is 1.82 bits per heavy atom. The van der Waals surface area contributed by atoms with Gasteiger partial charge in [0.25, 0.3) is 0 Å². The molecule has 0 radical (unpaired) electrons. The Balaban J connectivity index is 1.38. The van der Waals surface area contributed by atoms with Crippen molar-refractivity contribution in [2.75, 3.05) is 13.1 Å². The zero-order valence-electron chi connectivity index (χ0n) is 18.3. The van der Waals surface area contributed by atoms with Crippen LogP contribution in [0.15, 0.2) is 70.0 Å². The van der Waals surface area contributed by atoms with Crippen molar-refractivity contribution in [3.8, 4) is 5.75 Å². The Morgan fingerprint density at radius 3 is 2.58 bits per heavy atom. The van der Waals surface area contributed by atoms with E-state index in [1.54, 1.807) is 23.9 Å². The minimum Gasteiger partial charge on any atom is -0.481 e. The Kier molecular flexibility index (Phi) is 7.31. The lowest BCUT2D eigenvalue weighted by Gasteiger charge is -2.35. The van der Waals surface area contributed by atoms with Crippen LogP contribution in [0.25, 0.3) is 0 Å². The summed E-state index contributed by atoms with van der Waals surface area (Å²) < 4.78 is 22.6. The second-order valence-corrected chi connectivity index (χ2v) is 11.1. The number of benzene rings is 3. The van der Waals surface area contributed by atoms with Gasteiger partial charge >= 0.3 is 0 Å². The predicted octanol–water partition coefficient (Wildman–Crippen LogP) is 8.06. The molecular formula is C27H26BrClFNOS. The van der Waals surface area contributed by atoms with Crippen molar-refractivity contribution in [3.63, 3.8) is 0 Å². The van der Waals surface area contributed by atoms with Crippen molar-refractivity contribution in [3.05, 3.63) is 92.7 Å². The predicted molar refractivity (Wildman–Crippen MR) is 138 cm³/mol. The Hall–Kier alpha value is -1.53. The number of hydrogen-bond donors (Lipinski definition) is 0. The van der Waals surface area contributed by atoms with Crippen molar-refractivity contribution < 1.29 is 9.13 Å². The normalized spacial score (nSPS) is 20.6. The molecule has 1 saturated heterocycles. The average Bonchev–Trinajstić information content (AvgIpc) is 3.19. The first-order valence-electron chi connectivity index (χ1n) is 11.4. The lowest BCUT2D eigenvalue weighted by atomic mass is 10.0. The first-order valence-corrected chi connectivity index (χ1v) is 13.6. The quantitative estimate of drug-likeness (QED) is 0.290. The van der Waals surface area contributed by atoms with E-state index in [9.17, 15) is 0 Å². The van der Waals surface area contributed by atoms with Gasteiger partial charge in [-0.25, -0.2) is 4.39 Å². The minimum atomic E-state index is -0.319. The second-order valence-electron chi connectivity index (χ2n) is 8.73. The van der Waals surface area contributed by atoms with Crippen molar-refractivity contribution in [2.24, 2.45) is 0 Å². The molecule has 0 amide bonds. The van der Waals surface area contributed by atoms with Crippen molar-refractivity contribution in [1.29, 1.82) is 0 Å². The molecule has 5 rings (SSSR count). The molecule has 1 aliphatic heterocycles. The summed E-state index contributed by atoms with van der Waals surface area (Å²) in [6.07, 6.45) is 4.30. The third-order valence-corrected chi connectivity index (χ3v) is 8.52. The third-order valence-electron chi connectivity index (χ3n) is 6.53. The van der Waals surface area contributed by atoms with E-state index in [1.807, 2.05) is 36.4 Å². The Morgan fingerprint density at radius 1 is 1.03 bits per heavy atom. The number of halogens is 3. The lowest BCUT2D eigenvalue weighted by molar-refractivity contribution is 0.0623. The van der Waals surface area contributed by atoms with Crippen LogP contribution >= 0.6 is 39.3 Å². The molecule has 2 aliphatic rings. The van der Waals surface area contributed by atoms with Crippen LogP contribution in [0.3, 0.4) is 0 Å². The number of ether oxygens (including phenoxy) is 1. The molecule has 0 spiro atoms. The van der Waals surface area contributed by atoms with Crippen LogP contribution in [0.4, 0.5) is 4.39 Å². The fraction of sp³-hybridized carbons (Fsp3) is 0.333. The molecule has 1 heterocycles. The van der Waals surface area contributed by atoms with E-state index in [-0.39, 0.29) is 18.0 Å². The van der Waals surface area contributed by atoms with Crippen LogP contribution in [0.5, 0.6) is 5.75 Å². The second kappa shape index (κ2) is 10.4. The maximum Gasteiger partial charge on any atom is 0.166 e. The smallest absolute Gasteiger partial charge is 0.166 e. The zero-order chi connectivity index (χ0) is 22.8. The summed E-state index contributed by atoms with van der Waals surface area (Å²) in [5.41, 5.74) is 3.50. The fourth-order valence-corrected chi connectivity index (χ4v) is 6.75. The van der Waals surface area contributed by atoms with Crippen LogP contribution in [-0.2, 0) is 12.2 Å². The molecule has 1 fully saturated rings. The molecule has 3 aromatic carbocycles. The largest absolute Gasteiger partial charge is 0.481 e. The first kappa shape index (κ1) is 23.2. The van der Waals surface area contributed by atoms with Crippen molar-refractivity contribution in [2.45, 2.75) is 48.5 Å². The van der Waals surface area contributed by atoms with E-state index in [1.165, 1.54) is 30.4 Å². The van der Waals surface area contributed by atoms with Crippen LogP contribution in [-0.4, -0.2) is 24.0 Å². The molecule has 33 heavy (non-hydrogen) atoms. The lowest BCUT2D eigenvalue weighted by Crippen LogP contribution is -2.43. The molecule has 0 bridgehead atoms. The minimum absolute atomic E-state index is 0.182. The molecule has 0 saturated carbocycles. The van der Waals surface area contributed by atoms with E-state index in [4.69, 9.17) is 16.3 Å². The highest BCUT2D eigenvalue weighted by Crippen LogP contribution is 2.44. The number of rotatable bonds is 6. The van der Waals surface area contributed by atoms with Gasteiger partial charge in [0, 0.05) is 20.1 Å². The Bertz CT molecular complexity index is 1120. The molecule has 172 valence electrons. The van der Waals surface area contributed by atoms with Gasteiger partial charge in [0.1, 0.15) is 6.10 Å². The highest BCUT2D eigenvalue weighted by atomic mass is 79.9. The topological polar surface area (TPSA) is 12.5 Å². The van der Waals surface area contributed by atoms with E-state index >= 15 is 4.39 Å². The third kappa shape index (κ3) is 5.27. The summed E-state index contributed by atoms with van der Waals surface area (Å²) in [5.74, 6) is 0.787. The van der Waals surface area contributed by atoms with Crippen LogP contribution < -0.4 is 4.74 Å². The molecular weight excluding hydrogens is 521 g/mol. The summed E-state index contributed by atoms with van der Waals surface area (Å²) in [6, 6.07) is 19.6. The number of piperidine rings is 1. The first-order chi connectivity index (χ1) is 16.1. The van der Waals surface area contributed by atoms with Crippen molar-refractivity contribution in [1.82, 2.24) is 4.90 Å². The van der Waals surface area contributed by atoms with Gasteiger partial charge in [0.05, 0.1) is 6.04 Å². The molecule has 0 N–H and O–H groups in total. The monoisotopic (exact) mass is 545 g/mol. The van der Waals surface area contributed by atoms with Crippen LogP contribution in [0, 0.1) is 5.82 Å². The molecule has 0 aromatic heterocycles. The fourth-order valence-electron chi connectivity index (χ4n) is 4.87. The summed E-state index contributed by atoms with van der Waals surface area (Å²) in [6.45, 7) is 2.11. The molecule has 6 heteroatoms. The standard InChI is InChI=1S/C27H26BrClFNOS/c28-23-14-19(29)13-22-21(23)16-25(31-11-5-2-6-12-31)27(22)32-26-10-9-20(15-24(26)30)33-17-18-7-3-1-4-8-18/h1,3-4,7-10,13-15,25,27H,2,5-6,11-12,16-17H2/t25-,27-/m0/s1. The average molecular weight is 547 g/mol. The highest BCUT2D eigenvalue weighted by molar-refractivity contribution is 9.10. The van der Waals surface area contributed by atoms with Crippen LogP contribution in [0.2, 0.25) is 5.02 Å². The van der Waals surface area contributed by atoms with E-state index in [2.05, 4.69) is 33.0 Å². The number of thioether (sulfide) groups is 1. The zero-order valence-corrected chi connectivity index (χ0v) is 21.4. The van der Waals surface area contributed by atoms with E-state index < -0.39 is 0 Å². The van der Waals surface area contributed by atoms with Gasteiger partial charge in [-0.2, -0.15) is 0 Å². The number of fused-ring (bicyclic) bond motifs is 1. The SMILES string of the molecule is Fc1cc(SCc2ccccc2)ccc1O[C@H]1c2cc(Cl)cc(Br)c2C[C@@H]1N1CCCCC1. The van der Waals surface area contributed by atoms with Crippen LogP contribution in [0.1, 0.15) is 42.1 Å².